The molecule has 1 atom stereocenters. The van der Waals surface area contributed by atoms with Crippen molar-refractivity contribution in [3.8, 4) is 5.75 Å². The van der Waals surface area contributed by atoms with Crippen molar-refractivity contribution in [2.24, 2.45) is 0 Å². The smallest absolute Gasteiger partial charge is 0.322 e. The number of nitrogens with zero attached hydrogens (tertiary/aromatic N) is 3. The number of fused-ring (bicyclic) bond motifs is 1. The minimum absolute atomic E-state index is 0.430. The fraction of sp³-hybridized carbons (Fsp3) is 0.375. The van der Waals surface area contributed by atoms with Crippen molar-refractivity contribution in [3.63, 3.8) is 0 Å². The molecule has 1 aromatic carbocycles. The number of aliphatic carboxylic acids is 1. The van der Waals surface area contributed by atoms with Gasteiger partial charge in [0.25, 0.3) is 0 Å². The molecule has 6 heteroatoms. The van der Waals surface area contributed by atoms with Crippen LogP contribution in [-0.4, -0.2) is 60.8 Å². The number of carboxylic acid groups (broad SMARTS) is 1. The number of ether oxygens (including phenoxy) is 1. The van der Waals surface area contributed by atoms with Gasteiger partial charge in [0.2, 0.25) is 0 Å². The number of hydrogen-bond acceptors (Lipinski definition) is 5. The molecule has 1 aliphatic rings. The summed E-state index contributed by atoms with van der Waals surface area (Å²) in [5.74, 6) is 0.713. The van der Waals surface area contributed by atoms with E-state index in [9.17, 15) is 9.90 Å². The Hall–Kier alpha value is -2.34. The zero-order valence-electron chi connectivity index (χ0n) is 12.7. The molecule has 116 valence electrons. The molecular weight excluding hydrogens is 282 g/mol. The van der Waals surface area contributed by atoms with Crippen LogP contribution in [0.5, 0.6) is 5.75 Å². The van der Waals surface area contributed by atoms with E-state index in [4.69, 9.17) is 4.74 Å². The van der Waals surface area contributed by atoms with E-state index in [0.29, 0.717) is 13.1 Å². The number of aromatic nitrogens is 1. The van der Waals surface area contributed by atoms with E-state index >= 15 is 0 Å². The van der Waals surface area contributed by atoms with E-state index in [2.05, 4.69) is 4.98 Å². The molecule has 2 aromatic rings. The number of piperazine rings is 1. The Morgan fingerprint density at radius 3 is 2.86 bits per heavy atom. The number of carbonyl (C=O) groups is 1. The van der Waals surface area contributed by atoms with E-state index in [-0.39, 0.29) is 0 Å². The second-order valence-electron chi connectivity index (χ2n) is 5.48. The van der Waals surface area contributed by atoms with Gasteiger partial charge in [-0.15, -0.1) is 0 Å². The van der Waals surface area contributed by atoms with Gasteiger partial charge in [-0.2, -0.15) is 0 Å². The van der Waals surface area contributed by atoms with Crippen molar-refractivity contribution in [1.29, 1.82) is 0 Å². The predicted octanol–water partition coefficient (Wildman–Crippen LogP) is 1.45. The van der Waals surface area contributed by atoms with Gasteiger partial charge in [0.15, 0.2) is 0 Å². The van der Waals surface area contributed by atoms with Crippen molar-refractivity contribution in [3.05, 3.63) is 30.3 Å². The van der Waals surface area contributed by atoms with Gasteiger partial charge < -0.3 is 14.7 Å². The van der Waals surface area contributed by atoms with Crippen LogP contribution in [0.25, 0.3) is 10.9 Å². The molecule has 0 saturated carbocycles. The van der Waals surface area contributed by atoms with Crippen LogP contribution in [0.4, 0.5) is 5.82 Å². The first-order valence-electron chi connectivity index (χ1n) is 7.22. The SMILES string of the molecule is COc1cccc2ccc(N3CCN(C)[C@@H](C(=O)O)C3)nc12. The summed E-state index contributed by atoms with van der Waals surface area (Å²) in [6.45, 7) is 1.88. The number of anilines is 1. The van der Waals surface area contributed by atoms with Crippen LogP contribution in [0.1, 0.15) is 0 Å². The highest BCUT2D eigenvalue weighted by atomic mass is 16.5. The molecule has 0 bridgehead atoms. The van der Waals surface area contributed by atoms with Crippen molar-refractivity contribution < 1.29 is 14.6 Å². The fourth-order valence-corrected chi connectivity index (χ4v) is 2.80. The normalized spacial score (nSPS) is 19.4. The summed E-state index contributed by atoms with van der Waals surface area (Å²) < 4.78 is 5.36. The number of pyridine rings is 1. The van der Waals surface area contributed by atoms with E-state index in [1.165, 1.54) is 0 Å². The Kier molecular flexibility index (Phi) is 3.85. The third-order valence-electron chi connectivity index (χ3n) is 4.15. The van der Waals surface area contributed by atoms with Crippen LogP contribution in [0.2, 0.25) is 0 Å². The minimum Gasteiger partial charge on any atom is -0.494 e. The summed E-state index contributed by atoms with van der Waals surface area (Å²) in [5, 5.41) is 10.3. The number of rotatable bonds is 3. The summed E-state index contributed by atoms with van der Waals surface area (Å²) in [6, 6.07) is 9.21. The van der Waals surface area contributed by atoms with Crippen LogP contribution in [-0.2, 0) is 4.79 Å². The lowest BCUT2D eigenvalue weighted by molar-refractivity contribution is -0.142. The topological polar surface area (TPSA) is 65.9 Å². The second-order valence-corrected chi connectivity index (χ2v) is 5.48. The summed E-state index contributed by atoms with van der Waals surface area (Å²) in [6.07, 6.45) is 0. The Labute approximate surface area is 128 Å². The zero-order chi connectivity index (χ0) is 15.7. The summed E-state index contributed by atoms with van der Waals surface area (Å²) in [7, 11) is 3.46. The van der Waals surface area contributed by atoms with Gasteiger partial charge in [0.1, 0.15) is 23.1 Å². The number of para-hydroxylation sites is 1. The van der Waals surface area contributed by atoms with Gasteiger partial charge >= 0.3 is 5.97 Å². The molecule has 1 fully saturated rings. The van der Waals surface area contributed by atoms with E-state index in [1.807, 2.05) is 47.2 Å². The van der Waals surface area contributed by atoms with Crippen molar-refractivity contribution in [2.75, 3.05) is 38.7 Å². The molecule has 3 rings (SSSR count). The largest absolute Gasteiger partial charge is 0.494 e. The molecule has 0 spiro atoms. The number of likely N-dealkylation sites (N-methyl/N-ethyl adjacent to an activating group) is 1. The first kappa shape index (κ1) is 14.6. The van der Waals surface area contributed by atoms with Gasteiger partial charge in [0, 0.05) is 25.0 Å². The number of methoxy groups -OCH3 is 1. The quantitative estimate of drug-likeness (QED) is 0.925. The van der Waals surface area contributed by atoms with E-state index in [0.717, 1.165) is 29.0 Å². The van der Waals surface area contributed by atoms with Crippen LogP contribution >= 0.6 is 0 Å². The molecule has 22 heavy (non-hydrogen) atoms. The van der Waals surface area contributed by atoms with E-state index < -0.39 is 12.0 Å². The van der Waals surface area contributed by atoms with Gasteiger partial charge in [-0.25, -0.2) is 4.98 Å². The molecule has 0 aliphatic carbocycles. The van der Waals surface area contributed by atoms with Crippen LogP contribution in [0, 0.1) is 0 Å². The number of hydrogen-bond donors (Lipinski definition) is 1. The molecule has 1 N–H and O–H groups in total. The maximum Gasteiger partial charge on any atom is 0.322 e. The fourth-order valence-electron chi connectivity index (χ4n) is 2.80. The number of carboxylic acids is 1. The van der Waals surface area contributed by atoms with Crippen LogP contribution in [0.15, 0.2) is 30.3 Å². The zero-order valence-corrected chi connectivity index (χ0v) is 12.7. The Balaban J connectivity index is 1.94. The highest BCUT2D eigenvalue weighted by Gasteiger charge is 2.30. The Morgan fingerprint density at radius 1 is 1.32 bits per heavy atom. The third-order valence-corrected chi connectivity index (χ3v) is 4.15. The lowest BCUT2D eigenvalue weighted by Gasteiger charge is -2.37. The predicted molar refractivity (Wildman–Crippen MR) is 84.6 cm³/mol. The molecule has 6 nitrogen and oxygen atoms in total. The summed E-state index contributed by atoms with van der Waals surface area (Å²) >= 11 is 0. The maximum atomic E-state index is 11.3. The maximum absolute atomic E-state index is 11.3. The van der Waals surface area contributed by atoms with Crippen LogP contribution in [0.3, 0.4) is 0 Å². The standard InChI is InChI=1S/C16H19N3O3/c1-18-8-9-19(10-12(18)16(20)21)14-7-6-11-4-3-5-13(22-2)15(11)17-14/h3-7,12H,8-10H2,1-2H3,(H,20,21)/t12-/m1/s1. The molecule has 0 unspecified atom stereocenters. The van der Waals surface area contributed by atoms with Gasteiger partial charge in [-0.05, 0) is 25.2 Å². The monoisotopic (exact) mass is 301 g/mol. The molecule has 1 saturated heterocycles. The number of benzene rings is 1. The Morgan fingerprint density at radius 2 is 2.14 bits per heavy atom. The minimum atomic E-state index is -0.800. The molecule has 2 heterocycles. The molecular formula is C16H19N3O3. The summed E-state index contributed by atoms with van der Waals surface area (Å²) in [4.78, 5) is 19.9. The van der Waals surface area contributed by atoms with E-state index in [1.54, 1.807) is 7.11 Å². The average molecular weight is 301 g/mol. The summed E-state index contributed by atoms with van der Waals surface area (Å²) in [5.41, 5.74) is 0.799. The van der Waals surface area contributed by atoms with Gasteiger partial charge in [-0.1, -0.05) is 12.1 Å². The van der Waals surface area contributed by atoms with Crippen molar-refractivity contribution >= 4 is 22.7 Å². The Bertz CT molecular complexity index is 704. The van der Waals surface area contributed by atoms with Gasteiger partial charge in [0.05, 0.1) is 7.11 Å². The first-order valence-corrected chi connectivity index (χ1v) is 7.22. The van der Waals surface area contributed by atoms with Crippen molar-refractivity contribution in [1.82, 2.24) is 9.88 Å². The average Bonchev–Trinajstić information content (AvgIpc) is 2.54. The lowest BCUT2D eigenvalue weighted by Crippen LogP contribution is -2.55. The van der Waals surface area contributed by atoms with Crippen molar-refractivity contribution in [2.45, 2.75) is 6.04 Å². The van der Waals surface area contributed by atoms with Crippen LogP contribution < -0.4 is 9.64 Å². The lowest BCUT2D eigenvalue weighted by atomic mass is 10.1. The second kappa shape index (κ2) is 5.81. The van der Waals surface area contributed by atoms with Gasteiger partial charge in [-0.3, -0.25) is 9.69 Å². The molecule has 0 radical (unpaired) electrons. The molecule has 0 amide bonds. The molecule has 1 aliphatic heterocycles. The highest BCUT2D eigenvalue weighted by Crippen LogP contribution is 2.27. The molecule has 1 aromatic heterocycles. The highest BCUT2D eigenvalue weighted by molar-refractivity contribution is 5.86. The first-order chi connectivity index (χ1) is 10.6. The third kappa shape index (κ3) is 2.57.